The number of rotatable bonds is 4. The van der Waals surface area contributed by atoms with Crippen molar-refractivity contribution in [2.75, 3.05) is 0 Å². The summed E-state index contributed by atoms with van der Waals surface area (Å²) in [7, 11) is 0. The van der Waals surface area contributed by atoms with E-state index in [9.17, 15) is 4.79 Å². The number of amides is 1. The quantitative estimate of drug-likeness (QED) is 0.826. The number of carbonyl (C=O) groups excluding carboxylic acids is 1. The smallest absolute Gasteiger partial charge is 0.407 e. The molecule has 2 aliphatic rings. The Kier molecular flexibility index (Phi) is 4.75. The Balaban J connectivity index is 1.79. The predicted octanol–water partition coefficient (Wildman–Crippen LogP) is 4.26. The SMILES string of the molecule is CC(C)(C)C(CC1CC1)NC(=O)OC1CCCCC1. The van der Waals surface area contributed by atoms with Crippen molar-refractivity contribution < 1.29 is 9.53 Å². The molecule has 2 aliphatic carbocycles. The number of carbonyl (C=O) groups is 1. The first-order valence-electron chi connectivity index (χ1n) is 7.92. The van der Waals surface area contributed by atoms with E-state index in [1.54, 1.807) is 0 Å². The first-order valence-corrected chi connectivity index (χ1v) is 7.92. The van der Waals surface area contributed by atoms with E-state index in [0.717, 1.165) is 25.2 Å². The van der Waals surface area contributed by atoms with Gasteiger partial charge in [-0.3, -0.25) is 0 Å². The highest BCUT2D eigenvalue weighted by molar-refractivity contribution is 5.68. The lowest BCUT2D eigenvalue weighted by atomic mass is 9.83. The second kappa shape index (κ2) is 6.15. The van der Waals surface area contributed by atoms with Crippen LogP contribution in [0.1, 0.15) is 72.1 Å². The minimum absolute atomic E-state index is 0.105. The molecule has 0 aromatic heterocycles. The van der Waals surface area contributed by atoms with E-state index >= 15 is 0 Å². The lowest BCUT2D eigenvalue weighted by molar-refractivity contribution is 0.0672. The molecule has 0 bridgehead atoms. The molecule has 0 saturated heterocycles. The van der Waals surface area contributed by atoms with Gasteiger partial charge in [0.1, 0.15) is 6.10 Å². The molecule has 2 fully saturated rings. The molecule has 1 atom stereocenters. The highest BCUT2D eigenvalue weighted by atomic mass is 16.6. The summed E-state index contributed by atoms with van der Waals surface area (Å²) in [5.41, 5.74) is 0.105. The van der Waals surface area contributed by atoms with Crippen LogP contribution in [0.2, 0.25) is 0 Å². The lowest BCUT2D eigenvalue weighted by Crippen LogP contribution is -2.45. The maximum atomic E-state index is 12.0. The zero-order valence-electron chi connectivity index (χ0n) is 12.7. The fraction of sp³-hybridized carbons (Fsp3) is 0.938. The van der Waals surface area contributed by atoms with Crippen molar-refractivity contribution in [3.63, 3.8) is 0 Å². The number of alkyl carbamates (subject to hydrolysis) is 1. The van der Waals surface area contributed by atoms with Crippen LogP contribution in [0.25, 0.3) is 0 Å². The minimum Gasteiger partial charge on any atom is -0.446 e. The van der Waals surface area contributed by atoms with Gasteiger partial charge in [0.25, 0.3) is 0 Å². The van der Waals surface area contributed by atoms with Crippen LogP contribution >= 0.6 is 0 Å². The Morgan fingerprint density at radius 1 is 1.16 bits per heavy atom. The van der Waals surface area contributed by atoms with Gasteiger partial charge in [-0.2, -0.15) is 0 Å². The molecule has 110 valence electrons. The van der Waals surface area contributed by atoms with Gasteiger partial charge in [0.05, 0.1) is 0 Å². The second-order valence-electron chi connectivity index (χ2n) is 7.41. The Morgan fingerprint density at radius 2 is 1.79 bits per heavy atom. The van der Waals surface area contributed by atoms with Crippen molar-refractivity contribution >= 4 is 6.09 Å². The van der Waals surface area contributed by atoms with Crippen LogP contribution in [0.3, 0.4) is 0 Å². The molecule has 2 saturated carbocycles. The Hall–Kier alpha value is -0.730. The van der Waals surface area contributed by atoms with Crippen LogP contribution in [-0.4, -0.2) is 18.2 Å². The van der Waals surface area contributed by atoms with E-state index < -0.39 is 0 Å². The average molecular weight is 267 g/mol. The van der Waals surface area contributed by atoms with E-state index in [2.05, 4.69) is 26.1 Å². The molecule has 19 heavy (non-hydrogen) atoms. The van der Waals surface area contributed by atoms with E-state index in [4.69, 9.17) is 4.74 Å². The van der Waals surface area contributed by atoms with Crippen LogP contribution in [0, 0.1) is 11.3 Å². The fourth-order valence-electron chi connectivity index (χ4n) is 2.83. The normalized spacial score (nSPS) is 22.9. The van der Waals surface area contributed by atoms with Crippen molar-refractivity contribution in [1.29, 1.82) is 0 Å². The number of ether oxygens (including phenoxy) is 1. The number of hydrogen-bond donors (Lipinski definition) is 1. The molecule has 1 amide bonds. The third-order valence-corrected chi connectivity index (χ3v) is 4.43. The van der Waals surface area contributed by atoms with Crippen LogP contribution in [0.4, 0.5) is 4.79 Å². The molecule has 0 aromatic rings. The zero-order valence-corrected chi connectivity index (χ0v) is 12.7. The first kappa shape index (κ1) is 14.7. The van der Waals surface area contributed by atoms with Crippen molar-refractivity contribution in [2.45, 2.75) is 84.3 Å². The molecule has 2 rings (SSSR count). The summed E-state index contributed by atoms with van der Waals surface area (Å²) in [6.45, 7) is 6.59. The van der Waals surface area contributed by atoms with Crippen LogP contribution in [0.5, 0.6) is 0 Å². The summed E-state index contributed by atoms with van der Waals surface area (Å²) < 4.78 is 5.57. The highest BCUT2D eigenvalue weighted by Crippen LogP contribution is 2.37. The summed E-state index contributed by atoms with van der Waals surface area (Å²) >= 11 is 0. The second-order valence-corrected chi connectivity index (χ2v) is 7.41. The van der Waals surface area contributed by atoms with E-state index in [0.29, 0.717) is 0 Å². The monoisotopic (exact) mass is 267 g/mol. The van der Waals surface area contributed by atoms with E-state index in [1.165, 1.54) is 32.1 Å². The predicted molar refractivity (Wildman–Crippen MR) is 77.1 cm³/mol. The summed E-state index contributed by atoms with van der Waals surface area (Å²) in [6.07, 6.45) is 9.45. The number of nitrogens with one attached hydrogen (secondary N) is 1. The zero-order chi connectivity index (χ0) is 13.9. The van der Waals surface area contributed by atoms with E-state index in [-0.39, 0.29) is 23.7 Å². The molecule has 0 aliphatic heterocycles. The van der Waals surface area contributed by atoms with Crippen LogP contribution < -0.4 is 5.32 Å². The molecule has 0 radical (unpaired) electrons. The van der Waals surface area contributed by atoms with Gasteiger partial charge in [0.15, 0.2) is 0 Å². The van der Waals surface area contributed by atoms with Gasteiger partial charge in [-0.25, -0.2) is 4.79 Å². The largest absolute Gasteiger partial charge is 0.446 e. The summed E-state index contributed by atoms with van der Waals surface area (Å²) in [5.74, 6) is 0.819. The molecular formula is C16H29NO2. The van der Waals surface area contributed by atoms with Gasteiger partial charge in [-0.1, -0.05) is 40.0 Å². The molecule has 0 spiro atoms. The summed E-state index contributed by atoms with van der Waals surface area (Å²) in [6, 6.07) is 0.232. The van der Waals surface area contributed by atoms with Crippen LogP contribution in [-0.2, 0) is 4.74 Å². The average Bonchev–Trinajstić information content (AvgIpc) is 3.12. The van der Waals surface area contributed by atoms with Gasteiger partial charge in [-0.15, -0.1) is 0 Å². The number of hydrogen-bond acceptors (Lipinski definition) is 2. The molecule has 1 N–H and O–H groups in total. The Morgan fingerprint density at radius 3 is 2.32 bits per heavy atom. The van der Waals surface area contributed by atoms with Gasteiger partial charge >= 0.3 is 6.09 Å². The Labute approximate surface area is 117 Å². The van der Waals surface area contributed by atoms with Crippen molar-refractivity contribution in [3.05, 3.63) is 0 Å². The van der Waals surface area contributed by atoms with Crippen molar-refractivity contribution in [3.8, 4) is 0 Å². The van der Waals surface area contributed by atoms with Crippen molar-refractivity contribution in [2.24, 2.45) is 11.3 Å². The fourth-order valence-corrected chi connectivity index (χ4v) is 2.83. The molecule has 3 nitrogen and oxygen atoms in total. The standard InChI is InChI=1S/C16H29NO2/c1-16(2,3)14(11-12-9-10-12)17-15(18)19-13-7-5-4-6-8-13/h12-14H,4-11H2,1-3H3,(H,17,18). The summed E-state index contributed by atoms with van der Waals surface area (Å²) in [5, 5.41) is 3.11. The first-order chi connectivity index (χ1) is 8.95. The summed E-state index contributed by atoms with van der Waals surface area (Å²) in [4.78, 5) is 12.0. The molecule has 0 aromatic carbocycles. The minimum atomic E-state index is -0.201. The maximum Gasteiger partial charge on any atom is 0.407 e. The molecular weight excluding hydrogens is 238 g/mol. The van der Waals surface area contributed by atoms with E-state index in [1.807, 2.05) is 0 Å². The van der Waals surface area contributed by atoms with Crippen molar-refractivity contribution in [1.82, 2.24) is 5.32 Å². The van der Waals surface area contributed by atoms with Crippen LogP contribution in [0.15, 0.2) is 0 Å². The van der Waals surface area contributed by atoms with Gasteiger partial charge in [-0.05, 0) is 43.4 Å². The molecule has 3 heteroatoms. The lowest BCUT2D eigenvalue weighted by Gasteiger charge is -2.32. The topological polar surface area (TPSA) is 38.3 Å². The van der Waals surface area contributed by atoms with Gasteiger partial charge in [0.2, 0.25) is 0 Å². The highest BCUT2D eigenvalue weighted by Gasteiger charge is 2.33. The third-order valence-electron chi connectivity index (χ3n) is 4.43. The van der Waals surface area contributed by atoms with Gasteiger partial charge in [0, 0.05) is 6.04 Å². The molecule has 0 heterocycles. The van der Waals surface area contributed by atoms with Gasteiger partial charge < -0.3 is 10.1 Å². The molecule has 1 unspecified atom stereocenters. The Bertz CT molecular complexity index is 298. The third kappa shape index (κ3) is 5.04. The maximum absolute atomic E-state index is 12.0.